The molecule has 2 heterocycles. The Morgan fingerprint density at radius 1 is 1.33 bits per heavy atom. The molecule has 0 aromatic carbocycles. The quantitative estimate of drug-likeness (QED) is 0.741. The van der Waals surface area contributed by atoms with Crippen LogP contribution in [0, 0.1) is 5.92 Å². The summed E-state index contributed by atoms with van der Waals surface area (Å²) in [6.07, 6.45) is 0.763. The normalized spacial score (nSPS) is 18.3. The van der Waals surface area contributed by atoms with Gasteiger partial charge in [0.05, 0.1) is 6.54 Å². The van der Waals surface area contributed by atoms with E-state index in [-0.39, 0.29) is 18.4 Å². The standard InChI is InChI=1S/C17H27N3O3S/c1-3-13(2)16(17(22)23)18-11-15(21)20-8-6-19(7-9-20)12-14-5-4-10-24-14/h4-5,10,13,16,18H,3,6-9,11-12H2,1-2H3,(H,22,23)/t13-,16-/m0/s1. The van der Waals surface area contributed by atoms with Crippen LogP contribution >= 0.6 is 11.3 Å². The summed E-state index contributed by atoms with van der Waals surface area (Å²) in [4.78, 5) is 29.1. The largest absolute Gasteiger partial charge is 0.480 e. The molecule has 0 aliphatic carbocycles. The first-order chi connectivity index (χ1) is 11.5. The lowest BCUT2D eigenvalue weighted by molar-refractivity contribution is -0.141. The van der Waals surface area contributed by atoms with Gasteiger partial charge in [-0.3, -0.25) is 19.8 Å². The molecule has 0 bridgehead atoms. The zero-order valence-corrected chi connectivity index (χ0v) is 15.2. The number of amides is 1. The van der Waals surface area contributed by atoms with Crippen molar-refractivity contribution in [2.45, 2.75) is 32.9 Å². The van der Waals surface area contributed by atoms with Gasteiger partial charge in [0, 0.05) is 37.6 Å². The molecule has 1 aromatic rings. The first-order valence-corrected chi connectivity index (χ1v) is 9.38. The molecule has 1 amide bonds. The van der Waals surface area contributed by atoms with Crippen LogP contribution in [-0.2, 0) is 16.1 Å². The minimum absolute atomic E-state index is 0.00190. The highest BCUT2D eigenvalue weighted by Gasteiger charge is 2.26. The Morgan fingerprint density at radius 2 is 2.04 bits per heavy atom. The summed E-state index contributed by atoms with van der Waals surface area (Å²) < 4.78 is 0. The number of hydrogen-bond donors (Lipinski definition) is 2. The van der Waals surface area contributed by atoms with E-state index >= 15 is 0 Å². The van der Waals surface area contributed by atoms with Crippen molar-refractivity contribution in [1.29, 1.82) is 0 Å². The molecule has 1 aliphatic rings. The molecule has 2 N–H and O–H groups in total. The Hall–Kier alpha value is -1.44. The van der Waals surface area contributed by atoms with Gasteiger partial charge in [0.2, 0.25) is 5.91 Å². The van der Waals surface area contributed by atoms with Crippen molar-refractivity contribution < 1.29 is 14.7 Å². The maximum absolute atomic E-state index is 12.3. The summed E-state index contributed by atoms with van der Waals surface area (Å²) in [6.45, 7) is 7.99. The van der Waals surface area contributed by atoms with Crippen molar-refractivity contribution in [1.82, 2.24) is 15.1 Å². The van der Waals surface area contributed by atoms with Crippen molar-refractivity contribution in [3.05, 3.63) is 22.4 Å². The van der Waals surface area contributed by atoms with Crippen molar-refractivity contribution in [2.24, 2.45) is 5.92 Å². The highest BCUT2D eigenvalue weighted by molar-refractivity contribution is 7.09. The Morgan fingerprint density at radius 3 is 2.58 bits per heavy atom. The van der Waals surface area contributed by atoms with Gasteiger partial charge >= 0.3 is 5.97 Å². The molecule has 0 saturated carbocycles. The predicted octanol–water partition coefficient (Wildman–Crippen LogP) is 1.48. The highest BCUT2D eigenvalue weighted by Crippen LogP contribution is 2.13. The van der Waals surface area contributed by atoms with Gasteiger partial charge in [0.25, 0.3) is 0 Å². The van der Waals surface area contributed by atoms with Crippen LogP contribution in [0.3, 0.4) is 0 Å². The van der Waals surface area contributed by atoms with Crippen LogP contribution in [0.15, 0.2) is 17.5 Å². The Balaban J connectivity index is 1.75. The van der Waals surface area contributed by atoms with E-state index < -0.39 is 12.0 Å². The van der Waals surface area contributed by atoms with Crippen LogP contribution in [0.2, 0.25) is 0 Å². The van der Waals surface area contributed by atoms with Crippen molar-refractivity contribution in [3.63, 3.8) is 0 Å². The van der Waals surface area contributed by atoms with Gasteiger partial charge in [-0.25, -0.2) is 0 Å². The lowest BCUT2D eigenvalue weighted by Crippen LogP contribution is -2.52. The summed E-state index contributed by atoms with van der Waals surface area (Å²) in [5.41, 5.74) is 0. The van der Waals surface area contributed by atoms with E-state index in [0.717, 1.165) is 26.1 Å². The number of nitrogens with one attached hydrogen (secondary N) is 1. The van der Waals surface area contributed by atoms with Gasteiger partial charge in [0.15, 0.2) is 0 Å². The van der Waals surface area contributed by atoms with Crippen molar-refractivity contribution in [3.8, 4) is 0 Å². The maximum Gasteiger partial charge on any atom is 0.320 e. The summed E-state index contributed by atoms with van der Waals surface area (Å²) in [7, 11) is 0. The lowest BCUT2D eigenvalue weighted by Gasteiger charge is -2.35. The van der Waals surface area contributed by atoms with E-state index in [1.54, 1.807) is 11.3 Å². The third-order valence-corrected chi connectivity index (χ3v) is 5.50. The van der Waals surface area contributed by atoms with Gasteiger partial charge in [-0.1, -0.05) is 26.3 Å². The van der Waals surface area contributed by atoms with Gasteiger partial charge in [0.1, 0.15) is 6.04 Å². The second-order valence-electron chi connectivity index (χ2n) is 6.32. The second kappa shape index (κ2) is 9.15. The minimum Gasteiger partial charge on any atom is -0.480 e. The van der Waals surface area contributed by atoms with Crippen LogP contribution in [0.25, 0.3) is 0 Å². The molecule has 0 unspecified atom stereocenters. The Bertz CT molecular complexity index is 527. The van der Waals surface area contributed by atoms with Crippen LogP contribution < -0.4 is 5.32 Å². The molecule has 7 heteroatoms. The smallest absolute Gasteiger partial charge is 0.320 e. The molecule has 1 saturated heterocycles. The predicted molar refractivity (Wildman–Crippen MR) is 95.1 cm³/mol. The molecule has 1 aromatic heterocycles. The van der Waals surface area contributed by atoms with E-state index in [2.05, 4.69) is 27.7 Å². The van der Waals surface area contributed by atoms with E-state index in [1.807, 2.05) is 18.7 Å². The zero-order chi connectivity index (χ0) is 17.5. The summed E-state index contributed by atoms with van der Waals surface area (Å²) in [5, 5.41) is 14.3. The number of nitrogens with zero attached hydrogens (tertiary/aromatic N) is 2. The molecular formula is C17H27N3O3S. The highest BCUT2D eigenvalue weighted by atomic mass is 32.1. The molecular weight excluding hydrogens is 326 g/mol. The maximum atomic E-state index is 12.3. The fourth-order valence-electron chi connectivity index (χ4n) is 2.85. The molecule has 24 heavy (non-hydrogen) atoms. The molecule has 1 aliphatic heterocycles. The minimum atomic E-state index is -0.891. The number of thiophene rings is 1. The summed E-state index contributed by atoms with van der Waals surface area (Å²) >= 11 is 1.75. The Labute approximate surface area is 147 Å². The van der Waals surface area contributed by atoms with E-state index in [0.29, 0.717) is 13.1 Å². The first kappa shape index (κ1) is 18.9. The summed E-state index contributed by atoms with van der Waals surface area (Å²) in [6, 6.07) is 3.52. The number of rotatable bonds is 8. The van der Waals surface area contributed by atoms with Crippen LogP contribution in [0.5, 0.6) is 0 Å². The van der Waals surface area contributed by atoms with Crippen LogP contribution in [-0.4, -0.2) is 65.5 Å². The number of carbonyl (C=O) groups is 2. The summed E-state index contributed by atoms with van der Waals surface area (Å²) in [5.74, 6) is -0.906. The fraction of sp³-hybridized carbons (Fsp3) is 0.647. The number of hydrogen-bond acceptors (Lipinski definition) is 5. The second-order valence-corrected chi connectivity index (χ2v) is 7.35. The first-order valence-electron chi connectivity index (χ1n) is 8.50. The van der Waals surface area contributed by atoms with Crippen molar-refractivity contribution >= 4 is 23.2 Å². The average molecular weight is 353 g/mol. The lowest BCUT2D eigenvalue weighted by atomic mass is 9.99. The third kappa shape index (κ3) is 5.29. The number of piperazine rings is 1. The van der Waals surface area contributed by atoms with Crippen LogP contribution in [0.1, 0.15) is 25.1 Å². The van der Waals surface area contributed by atoms with Gasteiger partial charge < -0.3 is 10.0 Å². The molecule has 1 fully saturated rings. The van der Waals surface area contributed by atoms with E-state index in [4.69, 9.17) is 0 Å². The third-order valence-electron chi connectivity index (χ3n) is 4.64. The van der Waals surface area contributed by atoms with Crippen molar-refractivity contribution in [2.75, 3.05) is 32.7 Å². The number of carbonyl (C=O) groups excluding carboxylic acids is 1. The van der Waals surface area contributed by atoms with E-state index in [1.165, 1.54) is 4.88 Å². The zero-order valence-electron chi connectivity index (χ0n) is 14.4. The monoisotopic (exact) mass is 353 g/mol. The molecule has 2 atom stereocenters. The SMILES string of the molecule is CC[C@H](C)[C@H](NCC(=O)N1CCN(Cc2cccs2)CC1)C(=O)O. The molecule has 6 nitrogen and oxygen atoms in total. The molecule has 0 radical (unpaired) electrons. The van der Waals surface area contributed by atoms with Crippen LogP contribution in [0.4, 0.5) is 0 Å². The number of carboxylic acid groups (broad SMARTS) is 1. The van der Waals surface area contributed by atoms with Gasteiger partial charge in [-0.15, -0.1) is 11.3 Å². The van der Waals surface area contributed by atoms with Gasteiger partial charge in [-0.05, 0) is 17.4 Å². The number of aliphatic carboxylic acids is 1. The number of carboxylic acids is 1. The average Bonchev–Trinajstić information content (AvgIpc) is 3.08. The molecule has 134 valence electrons. The topological polar surface area (TPSA) is 72.9 Å². The van der Waals surface area contributed by atoms with Gasteiger partial charge in [-0.2, -0.15) is 0 Å². The molecule has 0 spiro atoms. The fourth-order valence-corrected chi connectivity index (χ4v) is 3.60. The molecule has 2 rings (SSSR count). The van der Waals surface area contributed by atoms with E-state index in [9.17, 15) is 14.7 Å². The Kier molecular flexibility index (Phi) is 7.20.